The van der Waals surface area contributed by atoms with Gasteiger partial charge in [0, 0.05) is 9.35 Å². The normalized spacial score (nSPS) is 9.92. The maximum atomic E-state index is 3.52. The largest absolute Gasteiger partial charge is 0.148 e. The van der Waals surface area contributed by atoms with E-state index >= 15 is 0 Å². The lowest BCUT2D eigenvalue weighted by Gasteiger charge is -1.94. The lowest BCUT2D eigenvalue weighted by molar-refractivity contribution is 1.01. The summed E-state index contributed by atoms with van der Waals surface area (Å²) in [6, 6.07) is 2.11. The lowest BCUT2D eigenvalue weighted by Crippen LogP contribution is -1.78. The van der Waals surface area contributed by atoms with Crippen molar-refractivity contribution in [3.8, 4) is 0 Å². The second kappa shape index (κ2) is 4.83. The van der Waals surface area contributed by atoms with Crippen LogP contribution in [-0.4, -0.2) is 0 Å². The highest BCUT2D eigenvalue weighted by atomic mass is 79.9. The Morgan fingerprint density at radius 2 is 2.33 bits per heavy atom. The number of rotatable bonds is 3. The van der Waals surface area contributed by atoms with Crippen molar-refractivity contribution in [2.45, 2.75) is 26.7 Å². The molecular weight excluding hydrogens is 232 g/mol. The Morgan fingerprint density at radius 1 is 1.58 bits per heavy atom. The Morgan fingerprint density at radius 3 is 2.83 bits per heavy atom. The Balaban J connectivity index is 2.44. The third-order valence-electron chi connectivity index (χ3n) is 1.62. The van der Waals surface area contributed by atoms with Gasteiger partial charge in [-0.1, -0.05) is 11.6 Å². The van der Waals surface area contributed by atoms with E-state index in [4.69, 9.17) is 0 Å². The standard InChI is InChI=1S/C10H13BrS/c1-8(2)4-3-5-10-9(11)6-7-12-10/h4,6-7H,3,5H2,1-2H3. The van der Waals surface area contributed by atoms with Gasteiger partial charge in [0.05, 0.1) is 0 Å². The molecule has 1 heterocycles. The van der Waals surface area contributed by atoms with Crippen molar-refractivity contribution < 1.29 is 0 Å². The van der Waals surface area contributed by atoms with Crippen molar-refractivity contribution in [3.05, 3.63) is 32.4 Å². The minimum Gasteiger partial charge on any atom is -0.148 e. The van der Waals surface area contributed by atoms with Crippen LogP contribution in [0.25, 0.3) is 0 Å². The van der Waals surface area contributed by atoms with E-state index in [2.05, 4.69) is 47.3 Å². The topological polar surface area (TPSA) is 0 Å². The molecule has 66 valence electrons. The molecule has 0 aliphatic heterocycles. The lowest BCUT2D eigenvalue weighted by atomic mass is 10.2. The van der Waals surface area contributed by atoms with E-state index in [-0.39, 0.29) is 0 Å². The number of allylic oxidation sites excluding steroid dienone is 2. The van der Waals surface area contributed by atoms with Gasteiger partial charge in [-0.2, -0.15) is 0 Å². The van der Waals surface area contributed by atoms with E-state index in [0.29, 0.717) is 0 Å². The summed E-state index contributed by atoms with van der Waals surface area (Å²) in [6.07, 6.45) is 4.59. The van der Waals surface area contributed by atoms with E-state index in [9.17, 15) is 0 Å². The molecule has 0 radical (unpaired) electrons. The molecule has 0 nitrogen and oxygen atoms in total. The molecule has 0 unspecified atom stereocenters. The Bertz CT molecular complexity index is 269. The molecular formula is C10H13BrS. The molecule has 0 saturated carbocycles. The van der Waals surface area contributed by atoms with Gasteiger partial charge in [-0.25, -0.2) is 0 Å². The van der Waals surface area contributed by atoms with Crippen LogP contribution in [0.1, 0.15) is 25.1 Å². The molecule has 0 fully saturated rings. The van der Waals surface area contributed by atoms with Crippen molar-refractivity contribution in [1.29, 1.82) is 0 Å². The van der Waals surface area contributed by atoms with Crippen LogP contribution in [-0.2, 0) is 6.42 Å². The summed E-state index contributed by atoms with van der Waals surface area (Å²) in [5.41, 5.74) is 1.41. The van der Waals surface area contributed by atoms with E-state index in [0.717, 1.165) is 12.8 Å². The summed E-state index contributed by atoms with van der Waals surface area (Å²) in [7, 11) is 0. The van der Waals surface area contributed by atoms with Gasteiger partial charge in [0.15, 0.2) is 0 Å². The van der Waals surface area contributed by atoms with Crippen molar-refractivity contribution in [3.63, 3.8) is 0 Å². The maximum absolute atomic E-state index is 3.52. The highest BCUT2D eigenvalue weighted by Gasteiger charge is 1.98. The van der Waals surface area contributed by atoms with Gasteiger partial charge in [-0.15, -0.1) is 11.3 Å². The zero-order valence-corrected chi connectivity index (χ0v) is 9.83. The molecule has 0 N–H and O–H groups in total. The second-order valence-corrected chi connectivity index (χ2v) is 4.87. The van der Waals surface area contributed by atoms with Gasteiger partial charge in [-0.05, 0) is 54.1 Å². The SMILES string of the molecule is CC(C)=CCCc1sccc1Br. The predicted molar refractivity (Wildman–Crippen MR) is 59.8 cm³/mol. The van der Waals surface area contributed by atoms with Crippen molar-refractivity contribution in [2.75, 3.05) is 0 Å². The molecule has 0 aliphatic carbocycles. The highest BCUT2D eigenvalue weighted by molar-refractivity contribution is 9.10. The van der Waals surface area contributed by atoms with Gasteiger partial charge in [0.25, 0.3) is 0 Å². The Kier molecular flexibility index (Phi) is 4.02. The van der Waals surface area contributed by atoms with Crippen LogP contribution in [0.15, 0.2) is 27.6 Å². The molecule has 0 atom stereocenters. The molecule has 0 saturated heterocycles. The van der Waals surface area contributed by atoms with Crippen LogP contribution in [0, 0.1) is 0 Å². The van der Waals surface area contributed by atoms with E-state index < -0.39 is 0 Å². The number of hydrogen-bond acceptors (Lipinski definition) is 1. The first-order valence-electron chi connectivity index (χ1n) is 4.05. The minimum absolute atomic E-state index is 1.15. The molecule has 0 amide bonds. The predicted octanol–water partition coefficient (Wildman–Crippen LogP) is 4.41. The molecule has 12 heavy (non-hydrogen) atoms. The Labute approximate surface area is 86.4 Å². The number of aryl methyl sites for hydroxylation is 1. The molecule has 0 aliphatic rings. The quantitative estimate of drug-likeness (QED) is 0.692. The fourth-order valence-electron chi connectivity index (χ4n) is 0.995. The molecule has 0 spiro atoms. The highest BCUT2D eigenvalue weighted by Crippen LogP contribution is 2.24. The summed E-state index contributed by atoms with van der Waals surface area (Å²) in [6.45, 7) is 4.28. The zero-order valence-electron chi connectivity index (χ0n) is 7.43. The molecule has 1 aromatic heterocycles. The van der Waals surface area contributed by atoms with Crippen LogP contribution in [0.2, 0.25) is 0 Å². The smallest absolute Gasteiger partial charge is 0.0314 e. The third-order valence-corrected chi connectivity index (χ3v) is 3.60. The van der Waals surface area contributed by atoms with Crippen LogP contribution >= 0.6 is 27.3 Å². The first kappa shape index (κ1) is 10.0. The molecule has 0 aromatic carbocycles. The second-order valence-electron chi connectivity index (χ2n) is 3.01. The molecule has 1 rings (SSSR count). The number of halogens is 1. The van der Waals surface area contributed by atoms with Crippen LogP contribution < -0.4 is 0 Å². The molecule has 1 aromatic rings. The van der Waals surface area contributed by atoms with E-state index in [1.807, 2.05) is 11.3 Å². The first-order valence-corrected chi connectivity index (χ1v) is 5.72. The van der Waals surface area contributed by atoms with Crippen LogP contribution in [0.5, 0.6) is 0 Å². The average Bonchev–Trinajstić information content (AvgIpc) is 2.36. The number of hydrogen-bond donors (Lipinski definition) is 0. The maximum Gasteiger partial charge on any atom is 0.0314 e. The average molecular weight is 245 g/mol. The van der Waals surface area contributed by atoms with Crippen molar-refractivity contribution in [1.82, 2.24) is 0 Å². The molecule has 2 heteroatoms. The summed E-state index contributed by atoms with van der Waals surface area (Å²) in [5, 5.41) is 2.13. The third kappa shape index (κ3) is 3.11. The van der Waals surface area contributed by atoms with E-state index in [1.54, 1.807) is 0 Å². The monoisotopic (exact) mass is 244 g/mol. The van der Waals surface area contributed by atoms with Crippen molar-refractivity contribution >= 4 is 27.3 Å². The van der Waals surface area contributed by atoms with E-state index in [1.165, 1.54) is 14.9 Å². The summed E-state index contributed by atoms with van der Waals surface area (Å²) >= 11 is 5.35. The summed E-state index contributed by atoms with van der Waals surface area (Å²) < 4.78 is 1.26. The fourth-order valence-corrected chi connectivity index (χ4v) is 2.57. The van der Waals surface area contributed by atoms with Crippen LogP contribution in [0.4, 0.5) is 0 Å². The first-order chi connectivity index (χ1) is 5.70. The van der Waals surface area contributed by atoms with Gasteiger partial charge < -0.3 is 0 Å². The van der Waals surface area contributed by atoms with Gasteiger partial charge in [-0.3, -0.25) is 0 Å². The van der Waals surface area contributed by atoms with Gasteiger partial charge in [0.1, 0.15) is 0 Å². The Hall–Kier alpha value is -0.0800. The van der Waals surface area contributed by atoms with Crippen LogP contribution in [0.3, 0.4) is 0 Å². The van der Waals surface area contributed by atoms with Gasteiger partial charge in [0.2, 0.25) is 0 Å². The molecule has 0 bridgehead atoms. The summed E-state index contributed by atoms with van der Waals surface area (Å²) in [5.74, 6) is 0. The zero-order chi connectivity index (χ0) is 8.97. The van der Waals surface area contributed by atoms with Crippen molar-refractivity contribution in [2.24, 2.45) is 0 Å². The minimum atomic E-state index is 1.15. The van der Waals surface area contributed by atoms with Gasteiger partial charge >= 0.3 is 0 Å². The fraction of sp³-hybridized carbons (Fsp3) is 0.400. The number of thiophene rings is 1. The summed E-state index contributed by atoms with van der Waals surface area (Å²) in [4.78, 5) is 1.45.